The first-order valence-corrected chi connectivity index (χ1v) is 6.39. The number of rotatable bonds is 3. The van der Waals surface area contributed by atoms with Gasteiger partial charge in [0.2, 0.25) is 0 Å². The van der Waals surface area contributed by atoms with Gasteiger partial charge in [0.1, 0.15) is 5.75 Å². The van der Waals surface area contributed by atoms with Gasteiger partial charge in [-0.3, -0.25) is 0 Å². The van der Waals surface area contributed by atoms with E-state index in [4.69, 9.17) is 0 Å². The Morgan fingerprint density at radius 3 is 2.71 bits per heavy atom. The lowest BCUT2D eigenvalue weighted by Crippen LogP contribution is -2.01. The molecular formula is C13H16N2OS. The monoisotopic (exact) mass is 248 g/mol. The lowest BCUT2D eigenvalue weighted by atomic mass is 10.1. The third-order valence-electron chi connectivity index (χ3n) is 2.92. The predicted octanol–water partition coefficient (Wildman–Crippen LogP) is 3.39. The molecule has 0 saturated heterocycles. The van der Waals surface area contributed by atoms with E-state index in [9.17, 15) is 5.11 Å². The summed E-state index contributed by atoms with van der Waals surface area (Å²) in [6.45, 7) is 6.58. The number of aromatic hydroxyl groups is 1. The molecule has 0 bridgehead atoms. The molecule has 1 aromatic heterocycles. The second kappa shape index (κ2) is 4.75. The Hall–Kier alpha value is -1.55. The van der Waals surface area contributed by atoms with Crippen molar-refractivity contribution in [3.63, 3.8) is 0 Å². The molecule has 1 aromatic carbocycles. The molecule has 2 rings (SSSR count). The second-order valence-electron chi connectivity index (χ2n) is 4.12. The van der Waals surface area contributed by atoms with E-state index in [1.807, 2.05) is 38.4 Å². The van der Waals surface area contributed by atoms with Crippen LogP contribution in [0, 0.1) is 20.8 Å². The van der Waals surface area contributed by atoms with Crippen LogP contribution >= 0.6 is 11.3 Å². The van der Waals surface area contributed by atoms with Crippen molar-refractivity contribution >= 4 is 17.0 Å². The summed E-state index contributed by atoms with van der Waals surface area (Å²) in [5.74, 6) is 0.371. The first-order chi connectivity index (χ1) is 8.09. The minimum Gasteiger partial charge on any atom is -0.507 e. The molecule has 0 unspecified atom stereocenters. The van der Waals surface area contributed by atoms with E-state index >= 15 is 0 Å². The Kier molecular flexibility index (Phi) is 3.33. The highest BCUT2D eigenvalue weighted by atomic mass is 32.1. The van der Waals surface area contributed by atoms with Crippen LogP contribution < -0.4 is 5.32 Å². The number of nitrogens with zero attached hydrogens (tertiary/aromatic N) is 1. The molecule has 0 radical (unpaired) electrons. The fourth-order valence-corrected chi connectivity index (χ4v) is 2.42. The van der Waals surface area contributed by atoms with Gasteiger partial charge in [0.05, 0.1) is 17.7 Å². The lowest BCUT2D eigenvalue weighted by molar-refractivity contribution is 0.467. The average molecular weight is 248 g/mol. The van der Waals surface area contributed by atoms with E-state index in [2.05, 4.69) is 10.3 Å². The molecule has 2 N–H and O–H groups in total. The maximum Gasteiger partial charge on any atom is 0.123 e. The SMILES string of the molecule is Cc1ccc(NCc2scnc2C)c(C)c1O. The molecule has 0 atom stereocenters. The van der Waals surface area contributed by atoms with Gasteiger partial charge in [-0.05, 0) is 32.4 Å². The van der Waals surface area contributed by atoms with Crippen LogP contribution in [0.2, 0.25) is 0 Å². The predicted molar refractivity (Wildman–Crippen MR) is 71.8 cm³/mol. The average Bonchev–Trinajstić information content (AvgIpc) is 2.71. The Labute approximate surface area is 105 Å². The number of hydrogen-bond donors (Lipinski definition) is 2. The summed E-state index contributed by atoms with van der Waals surface area (Å²) in [4.78, 5) is 5.44. The van der Waals surface area contributed by atoms with E-state index in [1.165, 1.54) is 4.88 Å². The van der Waals surface area contributed by atoms with Crippen LogP contribution in [0.3, 0.4) is 0 Å². The zero-order valence-corrected chi connectivity index (χ0v) is 11.1. The number of thiazole rings is 1. The molecule has 0 amide bonds. The van der Waals surface area contributed by atoms with Crippen molar-refractivity contribution in [3.05, 3.63) is 39.3 Å². The van der Waals surface area contributed by atoms with Crippen molar-refractivity contribution in [1.29, 1.82) is 0 Å². The standard InChI is InChI=1S/C13H16N2OS/c1-8-4-5-11(9(2)13(8)16)14-6-12-10(3)15-7-17-12/h4-5,7,14,16H,6H2,1-3H3. The molecule has 0 fully saturated rings. The zero-order chi connectivity index (χ0) is 12.4. The Morgan fingerprint density at radius 1 is 1.29 bits per heavy atom. The summed E-state index contributed by atoms with van der Waals surface area (Å²) in [7, 11) is 0. The number of aromatic nitrogens is 1. The first-order valence-electron chi connectivity index (χ1n) is 5.51. The van der Waals surface area contributed by atoms with Gasteiger partial charge in [-0.15, -0.1) is 11.3 Å². The summed E-state index contributed by atoms with van der Waals surface area (Å²) in [6.07, 6.45) is 0. The minimum atomic E-state index is 0.371. The van der Waals surface area contributed by atoms with Gasteiger partial charge in [-0.2, -0.15) is 0 Å². The van der Waals surface area contributed by atoms with E-state index in [-0.39, 0.29) is 0 Å². The van der Waals surface area contributed by atoms with E-state index in [1.54, 1.807) is 11.3 Å². The molecule has 1 heterocycles. The van der Waals surface area contributed by atoms with E-state index in [0.717, 1.165) is 29.1 Å². The molecule has 2 aromatic rings. The molecule has 0 aliphatic rings. The van der Waals surface area contributed by atoms with Gasteiger partial charge in [0.25, 0.3) is 0 Å². The summed E-state index contributed by atoms with van der Waals surface area (Å²) >= 11 is 1.65. The summed E-state index contributed by atoms with van der Waals surface area (Å²) in [6, 6.07) is 3.92. The first kappa shape index (κ1) is 11.9. The van der Waals surface area contributed by atoms with Crippen LogP contribution in [-0.4, -0.2) is 10.1 Å². The number of benzene rings is 1. The summed E-state index contributed by atoms with van der Waals surface area (Å²) in [5.41, 5.74) is 5.69. The summed E-state index contributed by atoms with van der Waals surface area (Å²) in [5, 5.41) is 13.2. The number of phenols is 1. The Morgan fingerprint density at radius 2 is 2.06 bits per heavy atom. The number of phenolic OH excluding ortho intramolecular Hbond substituents is 1. The van der Waals surface area contributed by atoms with Crippen LogP contribution in [0.15, 0.2) is 17.6 Å². The number of anilines is 1. The molecule has 0 aliphatic heterocycles. The molecule has 4 heteroatoms. The smallest absolute Gasteiger partial charge is 0.123 e. The topological polar surface area (TPSA) is 45.2 Å². The van der Waals surface area contributed by atoms with Crippen LogP contribution in [0.1, 0.15) is 21.7 Å². The van der Waals surface area contributed by atoms with Gasteiger partial charge in [-0.1, -0.05) is 6.07 Å². The fourth-order valence-electron chi connectivity index (χ4n) is 1.70. The van der Waals surface area contributed by atoms with Gasteiger partial charge in [0, 0.05) is 16.1 Å². The Balaban J connectivity index is 2.15. The highest BCUT2D eigenvalue weighted by Gasteiger charge is 2.07. The van der Waals surface area contributed by atoms with Crippen LogP contribution in [0.4, 0.5) is 5.69 Å². The van der Waals surface area contributed by atoms with Crippen molar-refractivity contribution in [2.75, 3.05) is 5.32 Å². The van der Waals surface area contributed by atoms with Crippen molar-refractivity contribution in [3.8, 4) is 5.75 Å². The normalized spacial score (nSPS) is 10.5. The third kappa shape index (κ3) is 2.42. The van der Waals surface area contributed by atoms with Crippen molar-refractivity contribution in [2.24, 2.45) is 0 Å². The van der Waals surface area contributed by atoms with E-state index in [0.29, 0.717) is 5.75 Å². The number of nitrogens with one attached hydrogen (secondary N) is 1. The molecule has 90 valence electrons. The Bertz CT molecular complexity index is 534. The van der Waals surface area contributed by atoms with Gasteiger partial charge in [-0.25, -0.2) is 4.98 Å². The van der Waals surface area contributed by atoms with Gasteiger partial charge < -0.3 is 10.4 Å². The molecule has 0 spiro atoms. The second-order valence-corrected chi connectivity index (χ2v) is 5.06. The van der Waals surface area contributed by atoms with Crippen LogP contribution in [-0.2, 0) is 6.54 Å². The highest BCUT2D eigenvalue weighted by Crippen LogP contribution is 2.28. The maximum atomic E-state index is 9.85. The molecule has 0 saturated carbocycles. The minimum absolute atomic E-state index is 0.371. The van der Waals surface area contributed by atoms with Gasteiger partial charge >= 0.3 is 0 Å². The number of aryl methyl sites for hydroxylation is 2. The number of hydrogen-bond acceptors (Lipinski definition) is 4. The molecule has 0 aliphatic carbocycles. The van der Waals surface area contributed by atoms with Crippen molar-refractivity contribution < 1.29 is 5.11 Å². The van der Waals surface area contributed by atoms with Gasteiger partial charge in [0.15, 0.2) is 0 Å². The molecular weight excluding hydrogens is 232 g/mol. The zero-order valence-electron chi connectivity index (χ0n) is 10.2. The lowest BCUT2D eigenvalue weighted by Gasteiger charge is -2.11. The fraction of sp³-hybridized carbons (Fsp3) is 0.308. The maximum absolute atomic E-state index is 9.85. The van der Waals surface area contributed by atoms with Crippen molar-refractivity contribution in [2.45, 2.75) is 27.3 Å². The quantitative estimate of drug-likeness (QED) is 0.875. The molecule has 17 heavy (non-hydrogen) atoms. The highest BCUT2D eigenvalue weighted by molar-refractivity contribution is 7.09. The summed E-state index contributed by atoms with van der Waals surface area (Å²) < 4.78 is 0. The molecule has 3 nitrogen and oxygen atoms in total. The van der Waals surface area contributed by atoms with Crippen LogP contribution in [0.5, 0.6) is 5.75 Å². The van der Waals surface area contributed by atoms with Crippen LogP contribution in [0.25, 0.3) is 0 Å². The largest absolute Gasteiger partial charge is 0.507 e. The van der Waals surface area contributed by atoms with E-state index < -0.39 is 0 Å². The third-order valence-corrected chi connectivity index (χ3v) is 3.85. The van der Waals surface area contributed by atoms with Crippen molar-refractivity contribution in [1.82, 2.24) is 4.98 Å².